The number of nitrogens with two attached hydrogens (primary N) is 10. The molecule has 0 rings (SSSR count). The van der Waals surface area contributed by atoms with Crippen LogP contribution in [-0.2, 0) is 33.6 Å². The summed E-state index contributed by atoms with van der Waals surface area (Å²) >= 11 is 1.52. The molecule has 0 aliphatic heterocycles. The Hall–Kier alpha value is -5.71. The molecule has 6 amide bonds. The molecule has 27 N–H and O–H groups in total. The molecule has 0 radical (unpaired) electrons. The Kier molecular flexibility index (Phi) is 35.0. The predicted octanol–water partition coefficient (Wildman–Crippen LogP) is -5.39. The van der Waals surface area contributed by atoms with Gasteiger partial charge in [0.05, 0.1) is 6.04 Å². The summed E-state index contributed by atoms with van der Waals surface area (Å²) in [5.74, 6) is -5.64. The second-order valence-corrected chi connectivity index (χ2v) is 17.3. The monoisotopic (exact) mass is 1000 g/mol. The molecule has 0 aromatic carbocycles. The van der Waals surface area contributed by atoms with Gasteiger partial charge in [-0.05, 0) is 134 Å². The zero-order valence-corrected chi connectivity index (χ0v) is 40.9. The summed E-state index contributed by atoms with van der Waals surface area (Å²) in [6, 6.07) is -8.40. The molecule has 0 fully saturated rings. The minimum absolute atomic E-state index is 0.0516. The molecule has 0 saturated carbocycles. The highest BCUT2D eigenvalue weighted by molar-refractivity contribution is 7.98. The maximum atomic E-state index is 14.2. The summed E-state index contributed by atoms with van der Waals surface area (Å²) < 4.78 is 0. The Morgan fingerprint density at radius 3 is 0.942 bits per heavy atom. The molecule has 0 saturated heterocycles. The van der Waals surface area contributed by atoms with Crippen LogP contribution in [0.15, 0.2) is 15.0 Å². The van der Waals surface area contributed by atoms with Crippen molar-refractivity contribution in [1.82, 2.24) is 31.9 Å². The van der Waals surface area contributed by atoms with E-state index in [2.05, 4.69) is 46.9 Å². The van der Waals surface area contributed by atoms with Gasteiger partial charge in [0.2, 0.25) is 35.4 Å². The Morgan fingerprint density at radius 1 is 0.420 bits per heavy atom. The van der Waals surface area contributed by atoms with Crippen LogP contribution >= 0.6 is 11.8 Å². The van der Waals surface area contributed by atoms with E-state index >= 15 is 0 Å². The van der Waals surface area contributed by atoms with E-state index in [1.807, 2.05) is 6.26 Å². The molecule has 0 aromatic heterocycles. The van der Waals surface area contributed by atoms with Gasteiger partial charge < -0.3 is 94.3 Å². The summed E-state index contributed by atoms with van der Waals surface area (Å²) in [5.41, 5.74) is 56.0. The van der Waals surface area contributed by atoms with Gasteiger partial charge in [-0.15, -0.1) is 0 Å². The average Bonchev–Trinajstić information content (AvgIpc) is 3.29. The average molecular weight is 1000 g/mol. The number of thioether (sulfide) groups is 1. The third kappa shape index (κ3) is 30.4. The summed E-state index contributed by atoms with van der Waals surface area (Å²) in [7, 11) is 0. The smallest absolute Gasteiger partial charge is 0.326 e. The maximum absolute atomic E-state index is 14.2. The highest BCUT2D eigenvalue weighted by atomic mass is 32.2. The molecule has 0 spiro atoms. The lowest BCUT2D eigenvalue weighted by atomic mass is 10.0. The van der Waals surface area contributed by atoms with Crippen molar-refractivity contribution in [1.29, 1.82) is 0 Å². The van der Waals surface area contributed by atoms with E-state index < -0.39 is 83.7 Å². The van der Waals surface area contributed by atoms with Crippen LogP contribution in [0, 0.1) is 0 Å². The molecular formula is C41H83N19O8S. The second-order valence-electron chi connectivity index (χ2n) is 16.3. The van der Waals surface area contributed by atoms with Gasteiger partial charge in [-0.25, -0.2) is 4.79 Å². The molecule has 28 heteroatoms. The number of amides is 6. The number of hydrogen-bond acceptors (Lipinski definition) is 15. The lowest BCUT2D eigenvalue weighted by Crippen LogP contribution is -2.59. The van der Waals surface area contributed by atoms with Crippen molar-refractivity contribution in [3.63, 3.8) is 0 Å². The topological polar surface area (TPSA) is 509 Å². The first-order valence-corrected chi connectivity index (χ1v) is 24.8. The predicted molar refractivity (Wildman–Crippen MR) is 269 cm³/mol. The number of guanidine groups is 3. The van der Waals surface area contributed by atoms with E-state index in [0.717, 1.165) is 0 Å². The van der Waals surface area contributed by atoms with Crippen LogP contribution in [0.4, 0.5) is 0 Å². The number of rotatable bonds is 40. The van der Waals surface area contributed by atoms with Crippen molar-refractivity contribution in [3.8, 4) is 0 Å². The van der Waals surface area contributed by atoms with Crippen LogP contribution in [0.2, 0.25) is 0 Å². The van der Waals surface area contributed by atoms with Crippen LogP contribution in [0.5, 0.6) is 0 Å². The quantitative estimate of drug-likeness (QED) is 0.0155. The van der Waals surface area contributed by atoms with Crippen molar-refractivity contribution in [2.24, 2.45) is 72.3 Å². The normalized spacial score (nSPS) is 13.9. The van der Waals surface area contributed by atoms with Gasteiger partial charge >= 0.3 is 5.97 Å². The second kappa shape index (κ2) is 38.2. The number of carbonyl (C=O) groups excluding carboxylic acids is 6. The highest BCUT2D eigenvalue weighted by Crippen LogP contribution is 2.11. The molecule has 0 aromatic rings. The fourth-order valence-corrected chi connectivity index (χ4v) is 7.10. The van der Waals surface area contributed by atoms with Crippen molar-refractivity contribution in [3.05, 3.63) is 0 Å². The van der Waals surface area contributed by atoms with Crippen molar-refractivity contribution in [2.45, 2.75) is 145 Å². The molecule has 7 atom stereocenters. The first-order chi connectivity index (χ1) is 32.8. The molecule has 0 bridgehead atoms. The van der Waals surface area contributed by atoms with Gasteiger partial charge in [-0.2, -0.15) is 11.8 Å². The molecule has 0 aliphatic rings. The molecular weight excluding hydrogens is 919 g/mol. The SMILES string of the molecule is CSCC[C@H](N)C(=O)N[C@@H](CCCCN)C(=O)N[C@@H](CCCCN)C(=O)N[C@@H](CCCCN)C(=O)N[C@@H](CCCN=C(N)N)C(=O)N[C@@H](CCCN=C(N)N)C(=O)N[C@@H](CCCN=C(N)N)C(=O)O. The van der Waals surface area contributed by atoms with Gasteiger partial charge in [0, 0.05) is 19.6 Å². The number of nitrogens with one attached hydrogen (secondary N) is 6. The molecule has 0 heterocycles. The lowest BCUT2D eigenvalue weighted by Gasteiger charge is -2.28. The molecule has 69 heavy (non-hydrogen) atoms. The van der Waals surface area contributed by atoms with Crippen LogP contribution < -0.4 is 89.2 Å². The lowest BCUT2D eigenvalue weighted by molar-refractivity contribution is -0.142. The number of unbranched alkanes of at least 4 members (excludes halogenated alkanes) is 3. The molecule has 0 aliphatic carbocycles. The van der Waals surface area contributed by atoms with Crippen LogP contribution in [-0.4, -0.2) is 158 Å². The first-order valence-electron chi connectivity index (χ1n) is 23.4. The Morgan fingerprint density at radius 2 is 0.681 bits per heavy atom. The number of carboxylic acid groups (broad SMARTS) is 1. The number of hydrogen-bond donors (Lipinski definition) is 17. The standard InChI is InChI=1S/C41H83N19O8S/c1-69-24-17-25(45)32(61)55-26(11-2-5-18-42)33(62)56-27(12-3-6-19-43)34(63)57-28(13-4-7-20-44)35(64)58-29(14-8-21-52-39(46)47)36(65)59-30(15-9-22-53-40(48)49)37(66)60-31(38(67)68)16-10-23-54-41(50)51/h25-31H,2-24,42-45H2,1H3,(H,55,61)(H,56,62)(H,57,63)(H,58,64)(H,59,65)(H,60,66)(H,67,68)(H4,46,47,52)(H4,48,49,53)(H4,50,51,54)/t25-,26-,27-,28-,29-,30-,31-/m0/s1. The molecule has 27 nitrogen and oxygen atoms in total. The van der Waals surface area contributed by atoms with E-state index in [9.17, 15) is 38.7 Å². The van der Waals surface area contributed by atoms with E-state index in [4.69, 9.17) is 57.3 Å². The van der Waals surface area contributed by atoms with E-state index in [-0.39, 0.29) is 102 Å². The van der Waals surface area contributed by atoms with Gasteiger partial charge in [0.25, 0.3) is 0 Å². The summed E-state index contributed by atoms with van der Waals surface area (Å²) in [4.78, 5) is 107. The first kappa shape index (κ1) is 63.3. The highest BCUT2D eigenvalue weighted by Gasteiger charge is 2.33. The number of aliphatic imine (C=N–C) groups is 3. The Balaban J connectivity index is 6.78. The number of carboxylic acids is 1. The summed E-state index contributed by atoms with van der Waals surface area (Å²) in [6.45, 7) is 1.17. The Bertz CT molecular complexity index is 1650. The van der Waals surface area contributed by atoms with Gasteiger partial charge in [0.15, 0.2) is 17.9 Å². The maximum Gasteiger partial charge on any atom is 0.326 e. The van der Waals surface area contributed by atoms with E-state index in [1.165, 1.54) is 11.8 Å². The third-order valence-electron chi connectivity index (χ3n) is 10.4. The van der Waals surface area contributed by atoms with Gasteiger partial charge in [-0.1, -0.05) is 0 Å². The van der Waals surface area contributed by atoms with Crippen LogP contribution in [0.3, 0.4) is 0 Å². The number of nitrogens with zero attached hydrogens (tertiary/aromatic N) is 3. The van der Waals surface area contributed by atoms with Crippen molar-refractivity contribution >= 4 is 71.1 Å². The third-order valence-corrected chi connectivity index (χ3v) is 11.1. The molecule has 396 valence electrons. The van der Waals surface area contributed by atoms with Gasteiger partial charge in [0.1, 0.15) is 36.3 Å². The number of aliphatic carboxylic acids is 1. The van der Waals surface area contributed by atoms with E-state index in [1.54, 1.807) is 0 Å². The summed E-state index contributed by atoms with van der Waals surface area (Å²) in [6.07, 6.45) is 5.92. The number of carbonyl (C=O) groups is 7. The van der Waals surface area contributed by atoms with Crippen molar-refractivity contribution < 1.29 is 38.7 Å². The fourth-order valence-electron chi connectivity index (χ4n) is 6.61. The van der Waals surface area contributed by atoms with Crippen LogP contribution in [0.25, 0.3) is 0 Å². The zero-order valence-electron chi connectivity index (χ0n) is 40.1. The van der Waals surface area contributed by atoms with E-state index in [0.29, 0.717) is 63.8 Å². The van der Waals surface area contributed by atoms with Gasteiger partial charge in [-0.3, -0.25) is 43.7 Å². The zero-order chi connectivity index (χ0) is 52.1. The fraction of sp³-hybridized carbons (Fsp3) is 0.756. The largest absolute Gasteiger partial charge is 0.480 e. The summed E-state index contributed by atoms with van der Waals surface area (Å²) in [5, 5.41) is 25.9. The molecule has 0 unspecified atom stereocenters. The van der Waals surface area contributed by atoms with Crippen LogP contribution in [0.1, 0.15) is 103 Å². The minimum atomic E-state index is -1.38. The minimum Gasteiger partial charge on any atom is -0.480 e. The van der Waals surface area contributed by atoms with Crippen molar-refractivity contribution in [2.75, 3.05) is 51.3 Å². The Labute approximate surface area is 409 Å².